The lowest BCUT2D eigenvalue weighted by molar-refractivity contribution is 0.242. The summed E-state index contributed by atoms with van der Waals surface area (Å²) in [4.78, 5) is 0. The van der Waals surface area contributed by atoms with Crippen molar-refractivity contribution in [3.05, 3.63) is 24.0 Å². The van der Waals surface area contributed by atoms with Gasteiger partial charge in [0, 0.05) is 12.0 Å². The molecule has 0 radical (unpaired) electrons. The molecule has 2 aliphatic rings. The molecule has 0 aromatic heterocycles. The molecule has 2 nitrogen and oxygen atoms in total. The molecule has 0 bridgehead atoms. The number of rotatable bonds is 0. The first-order valence-electron chi connectivity index (χ1n) is 4.94. The van der Waals surface area contributed by atoms with E-state index in [1.54, 1.807) is 6.07 Å². The van der Waals surface area contributed by atoms with Crippen molar-refractivity contribution in [2.45, 2.75) is 12.8 Å². The van der Waals surface area contributed by atoms with E-state index in [1.807, 2.05) is 6.07 Å². The first-order valence-corrected chi connectivity index (χ1v) is 4.94. The molecule has 1 aliphatic carbocycles. The van der Waals surface area contributed by atoms with Gasteiger partial charge in [-0.05, 0) is 25.0 Å². The number of benzene rings is 1. The molecule has 1 saturated carbocycles. The Morgan fingerprint density at radius 1 is 1.36 bits per heavy atom. The zero-order valence-corrected chi connectivity index (χ0v) is 7.85. The lowest BCUT2D eigenvalue weighted by atomic mass is 10.1. The fraction of sp³-hybridized carbons (Fsp3) is 0.455. The van der Waals surface area contributed by atoms with Crippen LogP contribution in [0.5, 0.6) is 5.75 Å². The summed E-state index contributed by atoms with van der Waals surface area (Å²) in [7, 11) is 0. The van der Waals surface area contributed by atoms with Crippen LogP contribution in [0.3, 0.4) is 0 Å². The van der Waals surface area contributed by atoms with Gasteiger partial charge in [0.15, 0.2) is 11.6 Å². The van der Waals surface area contributed by atoms with Gasteiger partial charge in [-0.3, -0.25) is 0 Å². The maximum absolute atomic E-state index is 13.4. The molecule has 74 valence electrons. The SMILES string of the molecule is Fc1cccc2c1OCC1(CC1)CN2. The van der Waals surface area contributed by atoms with E-state index in [2.05, 4.69) is 5.32 Å². The van der Waals surface area contributed by atoms with Gasteiger partial charge in [-0.2, -0.15) is 0 Å². The molecule has 0 amide bonds. The molecule has 0 unspecified atom stereocenters. The summed E-state index contributed by atoms with van der Waals surface area (Å²) < 4.78 is 18.9. The van der Waals surface area contributed by atoms with Crippen LogP contribution in [0.1, 0.15) is 12.8 Å². The third-order valence-corrected chi connectivity index (χ3v) is 3.10. The lowest BCUT2D eigenvalue weighted by Gasteiger charge is -2.09. The smallest absolute Gasteiger partial charge is 0.178 e. The second-order valence-electron chi connectivity index (χ2n) is 4.26. The van der Waals surface area contributed by atoms with Gasteiger partial charge in [0.25, 0.3) is 0 Å². The van der Waals surface area contributed by atoms with E-state index in [0.717, 1.165) is 12.2 Å². The van der Waals surface area contributed by atoms with E-state index in [4.69, 9.17) is 4.74 Å². The Morgan fingerprint density at radius 3 is 3.00 bits per heavy atom. The van der Waals surface area contributed by atoms with Crippen LogP contribution in [0.2, 0.25) is 0 Å². The minimum atomic E-state index is -0.271. The number of fused-ring (bicyclic) bond motifs is 1. The maximum atomic E-state index is 13.4. The Bertz CT molecular complexity index is 374. The highest BCUT2D eigenvalue weighted by molar-refractivity contribution is 5.58. The summed E-state index contributed by atoms with van der Waals surface area (Å²) in [5, 5.41) is 3.25. The summed E-state index contributed by atoms with van der Waals surface area (Å²) in [5.41, 5.74) is 1.07. The summed E-state index contributed by atoms with van der Waals surface area (Å²) in [6.45, 7) is 1.55. The van der Waals surface area contributed by atoms with E-state index < -0.39 is 0 Å². The third kappa shape index (κ3) is 1.15. The summed E-state index contributed by atoms with van der Waals surface area (Å²) >= 11 is 0. The molecule has 3 heteroatoms. The van der Waals surface area contributed by atoms with Crippen LogP contribution in [0, 0.1) is 11.2 Å². The van der Waals surface area contributed by atoms with Gasteiger partial charge >= 0.3 is 0 Å². The number of hydrogen-bond acceptors (Lipinski definition) is 2. The monoisotopic (exact) mass is 193 g/mol. The molecule has 0 saturated heterocycles. The molecule has 1 aromatic carbocycles. The number of ether oxygens (including phenoxy) is 1. The highest BCUT2D eigenvalue weighted by Gasteiger charge is 2.44. The van der Waals surface area contributed by atoms with Gasteiger partial charge in [0.05, 0.1) is 12.3 Å². The van der Waals surface area contributed by atoms with E-state index in [9.17, 15) is 4.39 Å². The molecule has 1 spiro atoms. The second-order valence-corrected chi connectivity index (χ2v) is 4.26. The molecule has 1 N–H and O–H groups in total. The van der Waals surface area contributed by atoms with Crippen LogP contribution >= 0.6 is 0 Å². The number of nitrogens with one attached hydrogen (secondary N) is 1. The summed E-state index contributed by atoms with van der Waals surface area (Å²) in [6, 6.07) is 5.00. The predicted octanol–water partition coefficient (Wildman–Crippen LogP) is 2.41. The molecule has 1 fully saturated rings. The van der Waals surface area contributed by atoms with Crippen molar-refractivity contribution in [3.63, 3.8) is 0 Å². The van der Waals surface area contributed by atoms with Crippen LogP contribution in [0.4, 0.5) is 10.1 Å². The van der Waals surface area contributed by atoms with Crippen molar-refractivity contribution in [2.75, 3.05) is 18.5 Å². The van der Waals surface area contributed by atoms with E-state index >= 15 is 0 Å². The first-order chi connectivity index (χ1) is 6.79. The summed E-state index contributed by atoms with van der Waals surface area (Å²) in [6.07, 6.45) is 2.38. The molecule has 14 heavy (non-hydrogen) atoms. The van der Waals surface area contributed by atoms with Crippen LogP contribution in [-0.4, -0.2) is 13.2 Å². The predicted molar refractivity (Wildman–Crippen MR) is 52.1 cm³/mol. The molecule has 1 heterocycles. The van der Waals surface area contributed by atoms with Crippen molar-refractivity contribution in [3.8, 4) is 5.75 Å². The van der Waals surface area contributed by atoms with Gasteiger partial charge in [-0.25, -0.2) is 4.39 Å². The Morgan fingerprint density at radius 2 is 2.21 bits per heavy atom. The van der Waals surface area contributed by atoms with Gasteiger partial charge in [-0.15, -0.1) is 0 Å². The first kappa shape index (κ1) is 8.09. The summed E-state index contributed by atoms with van der Waals surface area (Å²) in [5.74, 6) is 0.115. The highest BCUT2D eigenvalue weighted by Crippen LogP contribution is 2.48. The molecule has 3 rings (SSSR count). The van der Waals surface area contributed by atoms with Gasteiger partial charge in [-0.1, -0.05) is 6.07 Å². The number of hydrogen-bond donors (Lipinski definition) is 1. The van der Waals surface area contributed by atoms with Gasteiger partial charge in [0.2, 0.25) is 0 Å². The van der Waals surface area contributed by atoms with Crippen LogP contribution in [0.25, 0.3) is 0 Å². The average Bonchev–Trinajstić information content (AvgIpc) is 2.96. The molecular weight excluding hydrogens is 181 g/mol. The largest absolute Gasteiger partial charge is 0.488 e. The van der Waals surface area contributed by atoms with E-state index in [0.29, 0.717) is 12.4 Å². The highest BCUT2D eigenvalue weighted by atomic mass is 19.1. The van der Waals surface area contributed by atoms with Crippen molar-refractivity contribution in [2.24, 2.45) is 5.41 Å². The second kappa shape index (κ2) is 2.62. The standard InChI is InChI=1S/C11H12FNO/c12-8-2-1-3-9-10(8)14-7-11(4-5-11)6-13-9/h1-3,13H,4-7H2. The van der Waals surface area contributed by atoms with Crippen molar-refractivity contribution in [1.82, 2.24) is 0 Å². The Balaban J connectivity index is 1.96. The minimum absolute atomic E-state index is 0.271. The van der Waals surface area contributed by atoms with E-state index in [1.165, 1.54) is 18.9 Å². The normalized spacial score (nSPS) is 21.8. The van der Waals surface area contributed by atoms with Crippen LogP contribution < -0.4 is 10.1 Å². The van der Waals surface area contributed by atoms with Crippen LogP contribution in [0.15, 0.2) is 18.2 Å². The Labute approximate surface area is 82.1 Å². The maximum Gasteiger partial charge on any atom is 0.178 e. The number of anilines is 1. The minimum Gasteiger partial charge on any atom is -0.488 e. The molecule has 1 aromatic rings. The zero-order valence-electron chi connectivity index (χ0n) is 7.85. The fourth-order valence-corrected chi connectivity index (χ4v) is 1.85. The number of halogens is 1. The van der Waals surface area contributed by atoms with E-state index in [-0.39, 0.29) is 11.2 Å². The fourth-order valence-electron chi connectivity index (χ4n) is 1.85. The van der Waals surface area contributed by atoms with Gasteiger partial charge in [0.1, 0.15) is 0 Å². The van der Waals surface area contributed by atoms with Crippen molar-refractivity contribution in [1.29, 1.82) is 0 Å². The van der Waals surface area contributed by atoms with Gasteiger partial charge < -0.3 is 10.1 Å². The van der Waals surface area contributed by atoms with Crippen molar-refractivity contribution >= 4 is 5.69 Å². The zero-order chi connectivity index (χ0) is 9.60. The topological polar surface area (TPSA) is 21.3 Å². The van der Waals surface area contributed by atoms with Crippen LogP contribution in [-0.2, 0) is 0 Å². The molecule has 1 aliphatic heterocycles. The number of para-hydroxylation sites is 1. The Hall–Kier alpha value is -1.25. The molecule has 0 atom stereocenters. The average molecular weight is 193 g/mol. The lowest BCUT2D eigenvalue weighted by Crippen LogP contribution is -2.18. The molecular formula is C11H12FNO. The quantitative estimate of drug-likeness (QED) is 0.683. The Kier molecular flexibility index (Phi) is 1.52. The van der Waals surface area contributed by atoms with Crippen molar-refractivity contribution < 1.29 is 9.13 Å². The third-order valence-electron chi connectivity index (χ3n) is 3.10.